The highest BCUT2D eigenvalue weighted by molar-refractivity contribution is 5.94. The molecule has 0 saturated carbocycles. The van der Waals surface area contributed by atoms with Gasteiger partial charge in [-0.3, -0.25) is 9.59 Å². The molecule has 1 aromatic rings. The number of hydrogen-bond donors (Lipinski definition) is 0. The van der Waals surface area contributed by atoms with Crippen molar-refractivity contribution >= 4 is 12.3 Å². The number of carbonyl (C=O) groups excluding carboxylic acids is 2. The highest BCUT2D eigenvalue weighted by Gasteiger charge is 2.21. The van der Waals surface area contributed by atoms with Gasteiger partial charge in [0, 0.05) is 31.7 Å². The van der Waals surface area contributed by atoms with Crippen LogP contribution in [0.4, 0.5) is 0 Å². The number of benzene rings is 1. The first-order valence-corrected chi connectivity index (χ1v) is 7.31. The minimum atomic E-state index is 0.0101. The van der Waals surface area contributed by atoms with Crippen LogP contribution in [-0.4, -0.2) is 54.9 Å². The van der Waals surface area contributed by atoms with Gasteiger partial charge in [0.1, 0.15) is 5.75 Å². The van der Waals surface area contributed by atoms with Crippen LogP contribution >= 0.6 is 0 Å². The maximum absolute atomic E-state index is 12.4. The SMILES string of the molecule is CC(C)COc1ccc(C(=O)N2CCN(C=O)CC2)cc1. The van der Waals surface area contributed by atoms with E-state index in [0.717, 1.165) is 12.2 Å². The van der Waals surface area contributed by atoms with Gasteiger partial charge in [-0.05, 0) is 30.2 Å². The van der Waals surface area contributed by atoms with E-state index in [-0.39, 0.29) is 5.91 Å². The van der Waals surface area contributed by atoms with E-state index < -0.39 is 0 Å². The fourth-order valence-electron chi connectivity index (χ4n) is 2.17. The van der Waals surface area contributed by atoms with Gasteiger partial charge in [-0.25, -0.2) is 0 Å². The highest BCUT2D eigenvalue weighted by Crippen LogP contribution is 2.15. The summed E-state index contributed by atoms with van der Waals surface area (Å²) in [5, 5.41) is 0. The van der Waals surface area contributed by atoms with Gasteiger partial charge < -0.3 is 14.5 Å². The van der Waals surface area contributed by atoms with Crippen LogP contribution in [0.15, 0.2) is 24.3 Å². The van der Waals surface area contributed by atoms with Crippen molar-refractivity contribution < 1.29 is 14.3 Å². The molecular formula is C16H22N2O3. The third kappa shape index (κ3) is 4.21. The van der Waals surface area contributed by atoms with E-state index in [2.05, 4.69) is 13.8 Å². The average Bonchev–Trinajstić information content (AvgIpc) is 2.53. The Kier molecular flexibility index (Phi) is 5.20. The fourth-order valence-corrected chi connectivity index (χ4v) is 2.17. The molecule has 0 bridgehead atoms. The van der Waals surface area contributed by atoms with Gasteiger partial charge >= 0.3 is 0 Å². The summed E-state index contributed by atoms with van der Waals surface area (Å²) in [4.78, 5) is 26.5. The zero-order valence-electron chi connectivity index (χ0n) is 12.6. The first-order chi connectivity index (χ1) is 10.1. The maximum atomic E-state index is 12.4. The van der Waals surface area contributed by atoms with E-state index >= 15 is 0 Å². The van der Waals surface area contributed by atoms with Crippen LogP contribution in [0.25, 0.3) is 0 Å². The van der Waals surface area contributed by atoms with Gasteiger partial charge in [0.2, 0.25) is 6.41 Å². The van der Waals surface area contributed by atoms with Gasteiger partial charge in [0.05, 0.1) is 6.61 Å². The molecule has 0 aliphatic carbocycles. The largest absolute Gasteiger partial charge is 0.493 e. The third-order valence-corrected chi connectivity index (χ3v) is 3.44. The van der Waals surface area contributed by atoms with Crippen LogP contribution in [0.5, 0.6) is 5.75 Å². The first-order valence-electron chi connectivity index (χ1n) is 7.31. The molecule has 0 N–H and O–H groups in total. The lowest BCUT2D eigenvalue weighted by atomic mass is 10.1. The molecule has 2 rings (SSSR count). The number of carbonyl (C=O) groups is 2. The number of rotatable bonds is 5. The molecule has 0 radical (unpaired) electrons. The van der Waals surface area contributed by atoms with Crippen molar-refractivity contribution in [3.63, 3.8) is 0 Å². The van der Waals surface area contributed by atoms with E-state index in [4.69, 9.17) is 4.74 Å². The zero-order chi connectivity index (χ0) is 15.2. The normalized spacial score (nSPS) is 15.2. The molecule has 1 aliphatic heterocycles. The Balaban J connectivity index is 1.92. The van der Waals surface area contributed by atoms with Crippen LogP contribution < -0.4 is 4.74 Å². The predicted octanol–water partition coefficient (Wildman–Crippen LogP) is 1.64. The summed E-state index contributed by atoms with van der Waals surface area (Å²) in [6.07, 6.45) is 0.836. The molecule has 0 aromatic heterocycles. The van der Waals surface area contributed by atoms with Gasteiger partial charge in [-0.15, -0.1) is 0 Å². The summed E-state index contributed by atoms with van der Waals surface area (Å²) in [5.41, 5.74) is 0.659. The van der Waals surface area contributed by atoms with E-state index in [0.29, 0.717) is 44.3 Å². The molecule has 21 heavy (non-hydrogen) atoms. The molecule has 1 aliphatic rings. The summed E-state index contributed by atoms with van der Waals surface area (Å²) in [7, 11) is 0. The van der Waals surface area contributed by atoms with Crippen LogP contribution in [0.3, 0.4) is 0 Å². The van der Waals surface area contributed by atoms with E-state index in [1.54, 1.807) is 21.9 Å². The number of piperazine rings is 1. The number of ether oxygens (including phenoxy) is 1. The lowest BCUT2D eigenvalue weighted by molar-refractivity contribution is -0.119. The lowest BCUT2D eigenvalue weighted by Gasteiger charge is -2.32. The molecule has 2 amide bonds. The molecule has 1 heterocycles. The summed E-state index contributed by atoms with van der Waals surface area (Å²) < 4.78 is 5.61. The highest BCUT2D eigenvalue weighted by atomic mass is 16.5. The smallest absolute Gasteiger partial charge is 0.253 e. The topological polar surface area (TPSA) is 49.9 Å². The fraction of sp³-hybridized carbons (Fsp3) is 0.500. The van der Waals surface area contributed by atoms with Crippen molar-refractivity contribution in [3.05, 3.63) is 29.8 Å². The number of amides is 2. The Morgan fingerprint density at radius 1 is 1.19 bits per heavy atom. The van der Waals surface area contributed by atoms with Gasteiger partial charge in [0.15, 0.2) is 0 Å². The van der Waals surface area contributed by atoms with Crippen LogP contribution in [0, 0.1) is 5.92 Å². The van der Waals surface area contributed by atoms with Crippen molar-refractivity contribution in [2.24, 2.45) is 5.92 Å². The molecule has 1 aromatic carbocycles. The Morgan fingerprint density at radius 3 is 2.33 bits per heavy atom. The van der Waals surface area contributed by atoms with Crippen LogP contribution in [-0.2, 0) is 4.79 Å². The molecule has 5 nitrogen and oxygen atoms in total. The van der Waals surface area contributed by atoms with Gasteiger partial charge in [-0.1, -0.05) is 13.8 Å². The minimum absolute atomic E-state index is 0.0101. The molecule has 114 valence electrons. The molecule has 1 fully saturated rings. The van der Waals surface area contributed by atoms with Crippen LogP contribution in [0.1, 0.15) is 24.2 Å². The monoisotopic (exact) mass is 290 g/mol. The van der Waals surface area contributed by atoms with E-state index in [9.17, 15) is 9.59 Å². The Bertz CT molecular complexity index is 477. The van der Waals surface area contributed by atoms with Crippen molar-refractivity contribution in [2.75, 3.05) is 32.8 Å². The van der Waals surface area contributed by atoms with Gasteiger partial charge in [0.25, 0.3) is 5.91 Å². The molecule has 0 spiro atoms. The minimum Gasteiger partial charge on any atom is -0.493 e. The molecular weight excluding hydrogens is 268 g/mol. The van der Waals surface area contributed by atoms with E-state index in [1.165, 1.54) is 0 Å². The maximum Gasteiger partial charge on any atom is 0.253 e. The lowest BCUT2D eigenvalue weighted by Crippen LogP contribution is -2.48. The number of nitrogens with zero attached hydrogens (tertiary/aromatic N) is 2. The van der Waals surface area contributed by atoms with Gasteiger partial charge in [-0.2, -0.15) is 0 Å². The second-order valence-corrected chi connectivity index (χ2v) is 5.66. The van der Waals surface area contributed by atoms with Crippen molar-refractivity contribution in [1.82, 2.24) is 9.80 Å². The molecule has 1 saturated heterocycles. The molecule has 0 unspecified atom stereocenters. The third-order valence-electron chi connectivity index (χ3n) is 3.44. The van der Waals surface area contributed by atoms with Crippen LogP contribution in [0.2, 0.25) is 0 Å². The summed E-state index contributed by atoms with van der Waals surface area (Å²) in [6, 6.07) is 7.25. The average molecular weight is 290 g/mol. The molecule has 5 heteroatoms. The molecule has 0 atom stereocenters. The summed E-state index contributed by atoms with van der Waals surface area (Å²) in [5.74, 6) is 1.27. The standard InChI is InChI=1S/C16H22N2O3/c1-13(2)11-21-15-5-3-14(4-6-15)16(20)18-9-7-17(12-19)8-10-18/h3-6,12-13H,7-11H2,1-2H3. The van der Waals surface area contributed by atoms with Crippen molar-refractivity contribution in [1.29, 1.82) is 0 Å². The second kappa shape index (κ2) is 7.11. The Hall–Kier alpha value is -2.04. The first kappa shape index (κ1) is 15.4. The quantitative estimate of drug-likeness (QED) is 0.775. The second-order valence-electron chi connectivity index (χ2n) is 5.66. The van der Waals surface area contributed by atoms with E-state index in [1.807, 2.05) is 12.1 Å². The predicted molar refractivity (Wildman–Crippen MR) is 80.3 cm³/mol. The Labute approximate surface area is 125 Å². The van der Waals surface area contributed by atoms with Crippen molar-refractivity contribution in [2.45, 2.75) is 13.8 Å². The van der Waals surface area contributed by atoms with Crippen molar-refractivity contribution in [3.8, 4) is 5.75 Å². The summed E-state index contributed by atoms with van der Waals surface area (Å²) >= 11 is 0. The Morgan fingerprint density at radius 2 is 1.81 bits per heavy atom. The zero-order valence-corrected chi connectivity index (χ0v) is 12.6. The summed E-state index contributed by atoms with van der Waals surface area (Å²) in [6.45, 7) is 7.23. The number of hydrogen-bond acceptors (Lipinski definition) is 3.